The van der Waals surface area contributed by atoms with Crippen LogP contribution in [0.4, 0.5) is 0 Å². The molecule has 1 heterocycles. The number of hydrogen-bond donors (Lipinski definition) is 1. The smallest absolute Gasteiger partial charge is 0.0705 e. The first-order chi connectivity index (χ1) is 10.3. The highest BCUT2D eigenvalue weighted by molar-refractivity contribution is 6.31. The lowest BCUT2D eigenvalue weighted by Crippen LogP contribution is -2.19. The second kappa shape index (κ2) is 6.25. The Balaban J connectivity index is 1.90. The fourth-order valence-electron chi connectivity index (χ4n) is 2.56. The summed E-state index contributed by atoms with van der Waals surface area (Å²) in [6.07, 6.45) is 0.811. The number of halogens is 1. The van der Waals surface area contributed by atoms with Crippen LogP contribution in [0.3, 0.4) is 0 Å². The lowest BCUT2D eigenvalue weighted by Gasteiger charge is -2.17. The van der Waals surface area contributed by atoms with E-state index in [0.29, 0.717) is 0 Å². The van der Waals surface area contributed by atoms with Crippen molar-refractivity contribution in [3.8, 4) is 0 Å². The minimum absolute atomic E-state index is 0.160. The molecule has 0 saturated heterocycles. The van der Waals surface area contributed by atoms with Gasteiger partial charge >= 0.3 is 0 Å². The fraction of sp³-hybridized carbons (Fsp3) is 0.167. The molecule has 1 N–H and O–H groups in total. The van der Waals surface area contributed by atoms with Gasteiger partial charge in [-0.15, -0.1) is 0 Å². The summed E-state index contributed by atoms with van der Waals surface area (Å²) in [6, 6.07) is 20.5. The standard InChI is InChI=1S/C18H17ClN2/c1-20-18(15-7-3-4-8-16(15)19)12-14-11-10-13-6-2-5-9-17(13)21-14/h2-11,18,20H,12H2,1H3. The number of nitrogens with one attached hydrogen (secondary N) is 1. The van der Waals surface area contributed by atoms with Crippen LogP contribution in [0.5, 0.6) is 0 Å². The predicted molar refractivity (Wildman–Crippen MR) is 88.7 cm³/mol. The van der Waals surface area contributed by atoms with Crippen LogP contribution in [0, 0.1) is 0 Å². The molecule has 3 rings (SSSR count). The third kappa shape index (κ3) is 3.07. The Morgan fingerprint density at radius 1 is 1.00 bits per heavy atom. The molecule has 0 amide bonds. The van der Waals surface area contributed by atoms with E-state index < -0.39 is 0 Å². The molecule has 3 heteroatoms. The van der Waals surface area contributed by atoms with Crippen molar-refractivity contribution >= 4 is 22.5 Å². The van der Waals surface area contributed by atoms with Gasteiger partial charge in [-0.3, -0.25) is 4.98 Å². The van der Waals surface area contributed by atoms with Crippen molar-refractivity contribution in [3.05, 3.63) is 76.9 Å². The molecule has 0 fully saturated rings. The molecular weight excluding hydrogens is 280 g/mol. The maximum Gasteiger partial charge on any atom is 0.0705 e. The van der Waals surface area contributed by atoms with Crippen LogP contribution < -0.4 is 5.32 Å². The second-order valence-corrected chi connectivity index (χ2v) is 5.47. The molecule has 3 aromatic rings. The van der Waals surface area contributed by atoms with Crippen LogP contribution in [0.25, 0.3) is 10.9 Å². The Morgan fingerprint density at radius 2 is 1.76 bits per heavy atom. The topological polar surface area (TPSA) is 24.9 Å². The van der Waals surface area contributed by atoms with Gasteiger partial charge in [0.25, 0.3) is 0 Å². The summed E-state index contributed by atoms with van der Waals surface area (Å²) in [5.74, 6) is 0. The number of rotatable bonds is 4. The van der Waals surface area contributed by atoms with Gasteiger partial charge in [-0.1, -0.05) is 54.1 Å². The molecule has 1 atom stereocenters. The predicted octanol–water partition coefficient (Wildman–Crippen LogP) is 4.39. The number of aromatic nitrogens is 1. The zero-order chi connectivity index (χ0) is 14.7. The molecule has 106 valence electrons. The highest BCUT2D eigenvalue weighted by atomic mass is 35.5. The monoisotopic (exact) mass is 296 g/mol. The third-order valence-corrected chi connectivity index (χ3v) is 4.04. The van der Waals surface area contributed by atoms with E-state index >= 15 is 0 Å². The summed E-state index contributed by atoms with van der Waals surface area (Å²) < 4.78 is 0. The third-order valence-electron chi connectivity index (χ3n) is 3.70. The molecular formula is C18H17ClN2. The Morgan fingerprint density at radius 3 is 2.57 bits per heavy atom. The summed E-state index contributed by atoms with van der Waals surface area (Å²) in [5, 5.41) is 5.29. The van der Waals surface area contributed by atoms with E-state index in [-0.39, 0.29) is 6.04 Å². The zero-order valence-electron chi connectivity index (χ0n) is 11.9. The largest absolute Gasteiger partial charge is 0.313 e. The number of fused-ring (bicyclic) bond motifs is 1. The van der Waals surface area contributed by atoms with Gasteiger partial charge in [0.2, 0.25) is 0 Å². The van der Waals surface area contributed by atoms with Crippen molar-refractivity contribution < 1.29 is 0 Å². The summed E-state index contributed by atoms with van der Waals surface area (Å²) >= 11 is 6.30. The van der Waals surface area contributed by atoms with Crippen molar-refractivity contribution in [2.75, 3.05) is 7.05 Å². The van der Waals surface area contributed by atoms with Gasteiger partial charge in [0.05, 0.1) is 5.52 Å². The molecule has 2 nitrogen and oxygen atoms in total. The average Bonchev–Trinajstić information content (AvgIpc) is 2.53. The number of pyridine rings is 1. The lowest BCUT2D eigenvalue weighted by molar-refractivity contribution is 0.585. The highest BCUT2D eigenvalue weighted by Crippen LogP contribution is 2.25. The number of nitrogens with zero attached hydrogens (tertiary/aromatic N) is 1. The molecule has 0 aliphatic carbocycles. The van der Waals surface area contributed by atoms with Gasteiger partial charge in [0, 0.05) is 28.6 Å². The maximum atomic E-state index is 6.30. The van der Waals surface area contributed by atoms with Crippen LogP contribution in [0.1, 0.15) is 17.3 Å². The van der Waals surface area contributed by atoms with E-state index in [9.17, 15) is 0 Å². The Kier molecular flexibility index (Phi) is 4.18. The quantitative estimate of drug-likeness (QED) is 0.772. The van der Waals surface area contributed by atoms with E-state index in [1.54, 1.807) is 0 Å². The van der Waals surface area contributed by atoms with Crippen LogP contribution >= 0.6 is 11.6 Å². The molecule has 21 heavy (non-hydrogen) atoms. The van der Waals surface area contributed by atoms with Crippen molar-refractivity contribution in [2.45, 2.75) is 12.5 Å². The zero-order valence-corrected chi connectivity index (χ0v) is 12.6. The molecule has 0 bridgehead atoms. The lowest BCUT2D eigenvalue weighted by atomic mass is 10.0. The molecule has 0 spiro atoms. The van der Waals surface area contributed by atoms with Crippen LogP contribution in [0.2, 0.25) is 5.02 Å². The molecule has 0 saturated carbocycles. The van der Waals surface area contributed by atoms with E-state index in [1.807, 2.05) is 43.4 Å². The van der Waals surface area contributed by atoms with Crippen LogP contribution in [-0.4, -0.2) is 12.0 Å². The highest BCUT2D eigenvalue weighted by Gasteiger charge is 2.14. The summed E-state index contributed by atoms with van der Waals surface area (Å²) in [5.41, 5.74) is 3.20. The number of benzene rings is 2. The van der Waals surface area contributed by atoms with Gasteiger partial charge in [0.15, 0.2) is 0 Å². The van der Waals surface area contributed by atoms with E-state index in [4.69, 9.17) is 16.6 Å². The van der Waals surface area contributed by atoms with Gasteiger partial charge in [-0.25, -0.2) is 0 Å². The molecule has 1 aromatic heterocycles. The van der Waals surface area contributed by atoms with Gasteiger partial charge in [-0.05, 0) is 30.8 Å². The van der Waals surface area contributed by atoms with Crippen LogP contribution in [0.15, 0.2) is 60.7 Å². The molecule has 1 unspecified atom stereocenters. The van der Waals surface area contributed by atoms with Crippen molar-refractivity contribution in [3.63, 3.8) is 0 Å². The SMILES string of the molecule is CNC(Cc1ccc2ccccc2n1)c1ccccc1Cl. The minimum Gasteiger partial charge on any atom is -0.313 e. The summed E-state index contributed by atoms with van der Waals surface area (Å²) in [4.78, 5) is 4.74. The van der Waals surface area contributed by atoms with E-state index in [1.165, 1.54) is 5.39 Å². The van der Waals surface area contributed by atoms with Crippen molar-refractivity contribution in [1.29, 1.82) is 0 Å². The first-order valence-corrected chi connectivity index (χ1v) is 7.42. The van der Waals surface area contributed by atoms with Crippen LogP contribution in [-0.2, 0) is 6.42 Å². The minimum atomic E-state index is 0.160. The molecule has 0 aliphatic heterocycles. The Labute approximate surface area is 129 Å². The number of hydrogen-bond acceptors (Lipinski definition) is 2. The maximum absolute atomic E-state index is 6.30. The van der Waals surface area contributed by atoms with E-state index in [0.717, 1.165) is 28.2 Å². The first-order valence-electron chi connectivity index (χ1n) is 7.04. The average molecular weight is 297 g/mol. The second-order valence-electron chi connectivity index (χ2n) is 5.06. The normalized spacial score (nSPS) is 12.5. The van der Waals surface area contributed by atoms with Gasteiger partial charge in [-0.2, -0.15) is 0 Å². The first kappa shape index (κ1) is 14.1. The summed E-state index contributed by atoms with van der Waals surface area (Å²) in [7, 11) is 1.95. The number of likely N-dealkylation sites (N-methyl/N-ethyl adjacent to an activating group) is 1. The number of para-hydroxylation sites is 1. The Hall–Kier alpha value is -1.90. The van der Waals surface area contributed by atoms with Crippen molar-refractivity contribution in [2.24, 2.45) is 0 Å². The van der Waals surface area contributed by atoms with Crippen molar-refractivity contribution in [1.82, 2.24) is 10.3 Å². The Bertz CT molecular complexity index is 755. The fourth-order valence-corrected chi connectivity index (χ4v) is 2.82. The summed E-state index contributed by atoms with van der Waals surface area (Å²) in [6.45, 7) is 0. The van der Waals surface area contributed by atoms with E-state index in [2.05, 4.69) is 29.6 Å². The molecule has 2 aromatic carbocycles. The van der Waals surface area contributed by atoms with Gasteiger partial charge < -0.3 is 5.32 Å². The van der Waals surface area contributed by atoms with Gasteiger partial charge in [0.1, 0.15) is 0 Å². The molecule has 0 aliphatic rings. The molecule has 0 radical (unpaired) electrons.